The van der Waals surface area contributed by atoms with Crippen LogP contribution in [0.2, 0.25) is 0 Å². The Bertz CT molecular complexity index is 712. The van der Waals surface area contributed by atoms with Gasteiger partial charge in [0, 0.05) is 38.9 Å². The van der Waals surface area contributed by atoms with Crippen LogP contribution in [0.3, 0.4) is 0 Å². The van der Waals surface area contributed by atoms with Crippen molar-refractivity contribution in [2.75, 3.05) is 51.8 Å². The molecule has 1 saturated heterocycles. The number of anilines is 1. The van der Waals surface area contributed by atoms with Crippen LogP contribution in [-0.2, 0) is 22.6 Å². The lowest BCUT2D eigenvalue weighted by Gasteiger charge is -2.29. The number of rotatable bonds is 7. The summed E-state index contributed by atoms with van der Waals surface area (Å²) >= 11 is 0. The van der Waals surface area contributed by atoms with Gasteiger partial charge in [0.15, 0.2) is 0 Å². The molecule has 0 aliphatic carbocycles. The first-order chi connectivity index (χ1) is 13.1. The summed E-state index contributed by atoms with van der Waals surface area (Å²) in [5.41, 5.74) is 3.58. The van der Waals surface area contributed by atoms with Gasteiger partial charge in [0.05, 0.1) is 19.8 Å². The van der Waals surface area contributed by atoms with Crippen molar-refractivity contribution in [2.24, 2.45) is 0 Å². The number of nitrogens with zero attached hydrogens (tertiary/aromatic N) is 3. The van der Waals surface area contributed by atoms with Gasteiger partial charge in [-0.05, 0) is 30.3 Å². The van der Waals surface area contributed by atoms with Crippen LogP contribution in [0.4, 0.5) is 5.69 Å². The molecule has 2 aromatic carbocycles. The molecule has 0 unspecified atom stereocenters. The Kier molecular flexibility index (Phi) is 6.85. The lowest BCUT2D eigenvalue weighted by molar-refractivity contribution is -0.131. The smallest absolute Gasteiger partial charge is 0.236 e. The Morgan fingerprint density at radius 1 is 0.926 bits per heavy atom. The molecule has 1 fully saturated rings. The molecule has 0 spiro atoms. The third-order valence-electron chi connectivity index (χ3n) is 4.86. The van der Waals surface area contributed by atoms with Gasteiger partial charge in [-0.25, -0.2) is 0 Å². The zero-order chi connectivity index (χ0) is 19.1. The second kappa shape index (κ2) is 9.53. The Hall–Kier alpha value is -2.37. The van der Waals surface area contributed by atoms with Gasteiger partial charge in [-0.3, -0.25) is 9.69 Å². The molecule has 1 aliphatic rings. The summed E-state index contributed by atoms with van der Waals surface area (Å²) in [5.74, 6) is 0.130. The Morgan fingerprint density at radius 2 is 1.56 bits per heavy atom. The summed E-state index contributed by atoms with van der Waals surface area (Å²) in [7, 11) is 3.85. The summed E-state index contributed by atoms with van der Waals surface area (Å²) in [4.78, 5) is 18.7. The predicted octanol–water partition coefficient (Wildman–Crippen LogP) is 2.61. The molecule has 1 heterocycles. The van der Waals surface area contributed by atoms with Crippen molar-refractivity contribution in [1.29, 1.82) is 0 Å². The van der Waals surface area contributed by atoms with Crippen molar-refractivity contribution in [2.45, 2.75) is 13.1 Å². The number of likely N-dealkylation sites (N-methyl/N-ethyl adjacent to an activating group) is 2. The molecule has 1 amide bonds. The fourth-order valence-electron chi connectivity index (χ4n) is 3.30. The van der Waals surface area contributed by atoms with Crippen LogP contribution in [-0.4, -0.2) is 62.7 Å². The van der Waals surface area contributed by atoms with Crippen LogP contribution in [0, 0.1) is 0 Å². The molecule has 0 saturated carbocycles. The number of morpholine rings is 1. The number of carbonyl (C=O) groups excluding carboxylic acids is 1. The summed E-state index contributed by atoms with van der Waals surface area (Å²) in [5, 5.41) is 0. The quantitative estimate of drug-likeness (QED) is 0.754. The molecule has 0 aromatic heterocycles. The van der Waals surface area contributed by atoms with Gasteiger partial charge in [0.25, 0.3) is 0 Å². The van der Waals surface area contributed by atoms with E-state index in [9.17, 15) is 4.79 Å². The third kappa shape index (κ3) is 5.81. The maximum Gasteiger partial charge on any atom is 0.236 e. The molecule has 0 N–H and O–H groups in total. The van der Waals surface area contributed by atoms with E-state index in [1.165, 1.54) is 11.3 Å². The molecular weight excluding hydrogens is 338 g/mol. The Morgan fingerprint density at radius 3 is 2.22 bits per heavy atom. The molecule has 2 aromatic rings. The molecule has 5 nitrogen and oxygen atoms in total. The molecule has 0 radical (unpaired) electrons. The minimum absolute atomic E-state index is 0.130. The SMILES string of the molecule is CN(CC(=O)N(C)Cc1ccc(N2CCOCC2)cc1)Cc1ccccc1. The Balaban J connectivity index is 1.48. The van der Waals surface area contributed by atoms with Crippen molar-refractivity contribution in [3.63, 3.8) is 0 Å². The third-order valence-corrected chi connectivity index (χ3v) is 4.86. The van der Waals surface area contributed by atoms with Crippen LogP contribution in [0.25, 0.3) is 0 Å². The van der Waals surface area contributed by atoms with E-state index in [0.717, 1.165) is 38.4 Å². The number of hydrogen-bond donors (Lipinski definition) is 0. The van der Waals surface area contributed by atoms with E-state index in [1.54, 1.807) is 4.90 Å². The van der Waals surface area contributed by atoms with Crippen molar-refractivity contribution in [1.82, 2.24) is 9.80 Å². The zero-order valence-corrected chi connectivity index (χ0v) is 16.3. The van der Waals surface area contributed by atoms with Crippen molar-refractivity contribution in [3.05, 3.63) is 65.7 Å². The van der Waals surface area contributed by atoms with Crippen molar-refractivity contribution in [3.8, 4) is 0 Å². The summed E-state index contributed by atoms with van der Waals surface area (Å²) < 4.78 is 5.40. The highest BCUT2D eigenvalue weighted by Crippen LogP contribution is 2.17. The first-order valence-corrected chi connectivity index (χ1v) is 9.50. The molecule has 1 aliphatic heterocycles. The number of carbonyl (C=O) groups is 1. The molecule has 5 heteroatoms. The van der Waals surface area contributed by atoms with E-state index in [-0.39, 0.29) is 5.91 Å². The highest BCUT2D eigenvalue weighted by molar-refractivity contribution is 5.78. The molecule has 3 rings (SSSR count). The molecule has 144 valence electrons. The van der Waals surface area contributed by atoms with Crippen molar-refractivity contribution >= 4 is 11.6 Å². The van der Waals surface area contributed by atoms with Crippen LogP contribution in [0.15, 0.2) is 54.6 Å². The van der Waals surface area contributed by atoms with Crippen LogP contribution in [0.5, 0.6) is 0 Å². The second-order valence-corrected chi connectivity index (χ2v) is 7.17. The Labute approximate surface area is 162 Å². The van der Waals surface area contributed by atoms with Gasteiger partial charge in [0.1, 0.15) is 0 Å². The molecule has 0 atom stereocenters. The highest BCUT2D eigenvalue weighted by Gasteiger charge is 2.14. The van der Waals surface area contributed by atoms with Crippen LogP contribution < -0.4 is 4.90 Å². The average molecular weight is 367 g/mol. The minimum Gasteiger partial charge on any atom is -0.378 e. The fraction of sp³-hybridized carbons (Fsp3) is 0.409. The zero-order valence-electron chi connectivity index (χ0n) is 16.3. The normalized spacial score (nSPS) is 14.4. The topological polar surface area (TPSA) is 36.0 Å². The first-order valence-electron chi connectivity index (χ1n) is 9.50. The highest BCUT2D eigenvalue weighted by atomic mass is 16.5. The van der Waals surface area contributed by atoms with Gasteiger partial charge in [-0.2, -0.15) is 0 Å². The van der Waals surface area contributed by atoms with Gasteiger partial charge in [-0.15, -0.1) is 0 Å². The summed E-state index contributed by atoms with van der Waals surface area (Å²) in [6, 6.07) is 18.7. The van der Waals surface area contributed by atoms with Crippen LogP contribution >= 0.6 is 0 Å². The van der Waals surface area contributed by atoms with E-state index in [2.05, 4.69) is 46.2 Å². The monoisotopic (exact) mass is 367 g/mol. The van der Waals surface area contributed by atoms with Gasteiger partial charge in [-0.1, -0.05) is 42.5 Å². The predicted molar refractivity (Wildman–Crippen MR) is 109 cm³/mol. The van der Waals surface area contributed by atoms with Gasteiger partial charge in [0.2, 0.25) is 5.91 Å². The fourth-order valence-corrected chi connectivity index (χ4v) is 3.30. The largest absolute Gasteiger partial charge is 0.378 e. The van der Waals surface area contributed by atoms with E-state index in [4.69, 9.17) is 4.74 Å². The number of hydrogen-bond acceptors (Lipinski definition) is 4. The number of ether oxygens (including phenoxy) is 1. The van der Waals surface area contributed by atoms with Gasteiger partial charge < -0.3 is 14.5 Å². The lowest BCUT2D eigenvalue weighted by atomic mass is 10.1. The maximum atomic E-state index is 12.5. The van der Waals surface area contributed by atoms with E-state index < -0.39 is 0 Å². The lowest BCUT2D eigenvalue weighted by Crippen LogP contribution is -2.36. The van der Waals surface area contributed by atoms with Crippen molar-refractivity contribution < 1.29 is 9.53 Å². The van der Waals surface area contributed by atoms with E-state index in [1.807, 2.05) is 32.3 Å². The first kappa shape index (κ1) is 19.4. The van der Waals surface area contributed by atoms with Crippen LogP contribution in [0.1, 0.15) is 11.1 Å². The second-order valence-electron chi connectivity index (χ2n) is 7.17. The standard InChI is InChI=1S/C22H29N3O2/c1-23(16-19-6-4-3-5-7-19)18-22(26)24(2)17-20-8-10-21(11-9-20)25-12-14-27-15-13-25/h3-11H,12-18H2,1-2H3. The maximum absolute atomic E-state index is 12.5. The van der Waals surface area contributed by atoms with Gasteiger partial charge >= 0.3 is 0 Å². The molecular formula is C22H29N3O2. The van der Waals surface area contributed by atoms with E-state index in [0.29, 0.717) is 13.1 Å². The minimum atomic E-state index is 0.130. The summed E-state index contributed by atoms with van der Waals surface area (Å²) in [6.07, 6.45) is 0. The number of benzene rings is 2. The molecule has 0 bridgehead atoms. The molecule has 27 heavy (non-hydrogen) atoms. The average Bonchev–Trinajstić information content (AvgIpc) is 2.70. The summed E-state index contributed by atoms with van der Waals surface area (Å²) in [6.45, 7) is 5.26. The number of amides is 1. The van der Waals surface area contributed by atoms with E-state index >= 15 is 0 Å².